The smallest absolute Gasteiger partial charge is 0.0637 e. The largest absolute Gasteiger partial charge is 0.380 e. The Hall–Kier alpha value is -1.60. The van der Waals surface area contributed by atoms with Crippen LogP contribution in [-0.2, 0) is 104 Å². The van der Waals surface area contributed by atoms with Crippen LogP contribution in [0.3, 0.4) is 0 Å². The molecule has 6 atom stereocenters. The van der Waals surface area contributed by atoms with Crippen molar-refractivity contribution in [3.8, 4) is 0 Å². The quantitative estimate of drug-likeness (QED) is 0.0300. The SMILES string of the molecule is CC(N)COCC(COCC(C)N)(COCC(C)N)COCC(COCC(C)N)(COCC(C)N)COCC(C)N.CCC(COCCN)(COCCN)COCC(CC)(COCCN)COCCN.CCC(COCCN)(COCCN)COCC(CC)(COCCN)COCCN.CCC(COCCN)(COCCN)COCC(CC)(COCCN)COCCN. The minimum Gasteiger partial charge on any atom is -0.380 e. The third kappa shape index (κ3) is 71.8. The first kappa shape index (κ1) is 133. The third-order valence-corrected chi connectivity index (χ3v) is 20.5. The summed E-state index contributed by atoms with van der Waals surface area (Å²) in [5.41, 5.74) is 99.6. The van der Waals surface area contributed by atoms with Gasteiger partial charge in [0.1, 0.15) is 0 Å². The molecule has 0 aliphatic carbocycles. The van der Waals surface area contributed by atoms with E-state index in [4.69, 9.17) is 207 Å². The molecule has 0 aromatic carbocycles. The fourth-order valence-electron chi connectivity index (χ4n) is 12.3. The number of nitrogens with two attached hydrogens (primary N) is 18. The summed E-state index contributed by atoms with van der Waals surface area (Å²) in [4.78, 5) is 0. The molecule has 0 rings (SSSR count). The lowest BCUT2D eigenvalue weighted by Crippen LogP contribution is -2.47. The van der Waals surface area contributed by atoms with E-state index < -0.39 is 10.8 Å². The van der Waals surface area contributed by atoms with Gasteiger partial charge in [-0.2, -0.15) is 0 Å². The first-order chi connectivity index (χ1) is 61.4. The molecule has 0 aliphatic heterocycles. The second-order valence-electron chi connectivity index (χ2n) is 35.1. The summed E-state index contributed by atoms with van der Waals surface area (Å²) in [7, 11) is 0. The van der Waals surface area contributed by atoms with Crippen molar-refractivity contribution in [2.75, 3.05) is 369 Å². The van der Waals surface area contributed by atoms with Crippen LogP contribution in [0.5, 0.6) is 0 Å². The van der Waals surface area contributed by atoms with Gasteiger partial charge in [-0.15, -0.1) is 0 Å². The van der Waals surface area contributed by atoms with Crippen LogP contribution in [0.25, 0.3) is 0 Å². The molecule has 128 heavy (non-hydrogen) atoms. The Balaban J connectivity index is -0.000000811. The highest BCUT2D eigenvalue weighted by molar-refractivity contribution is 4.88. The Morgan fingerprint density at radius 1 is 0.141 bits per heavy atom. The van der Waals surface area contributed by atoms with Gasteiger partial charge in [0, 0.05) is 147 Å². The molecule has 6 unspecified atom stereocenters. The van der Waals surface area contributed by atoms with Crippen molar-refractivity contribution in [2.24, 2.45) is 147 Å². The molecule has 0 radical (unpaired) electrons. The van der Waals surface area contributed by atoms with Crippen LogP contribution in [-0.4, -0.2) is 405 Å². The summed E-state index contributed by atoms with van der Waals surface area (Å²) >= 11 is 0. The van der Waals surface area contributed by atoms with Gasteiger partial charge in [0.25, 0.3) is 0 Å². The lowest BCUT2D eigenvalue weighted by molar-refractivity contribution is -0.144. The Labute approximate surface area is 774 Å². The second-order valence-corrected chi connectivity index (χ2v) is 35.1. The highest BCUT2D eigenvalue weighted by Gasteiger charge is 2.41. The first-order valence-electron chi connectivity index (χ1n) is 47.1. The summed E-state index contributed by atoms with van der Waals surface area (Å²) in [5, 5.41) is 0. The molecule has 40 heteroatoms. The van der Waals surface area contributed by atoms with Crippen molar-refractivity contribution in [1.29, 1.82) is 0 Å². The molecule has 0 bridgehead atoms. The van der Waals surface area contributed by atoms with Crippen molar-refractivity contribution in [1.82, 2.24) is 0 Å². The number of rotatable bonds is 94. The maximum Gasteiger partial charge on any atom is 0.0637 e. The van der Waals surface area contributed by atoms with E-state index in [9.17, 15) is 0 Å². The van der Waals surface area contributed by atoms with Gasteiger partial charge in [0.15, 0.2) is 0 Å². The van der Waals surface area contributed by atoms with Gasteiger partial charge in [-0.3, -0.25) is 0 Å². The summed E-state index contributed by atoms with van der Waals surface area (Å²) in [5.74, 6) is 0. The van der Waals surface area contributed by atoms with Crippen molar-refractivity contribution < 1.29 is 104 Å². The number of hydrogen-bond acceptors (Lipinski definition) is 40. The minimum absolute atomic E-state index is 0.123. The van der Waals surface area contributed by atoms with Crippen LogP contribution in [0.2, 0.25) is 0 Å². The molecule has 0 amide bonds. The van der Waals surface area contributed by atoms with E-state index in [1.165, 1.54) is 0 Å². The highest BCUT2D eigenvalue weighted by atomic mass is 16.6. The molecule has 0 saturated carbocycles. The Bertz CT molecular complexity index is 1860. The van der Waals surface area contributed by atoms with E-state index in [0.717, 1.165) is 38.5 Å². The molecule has 0 aliphatic rings. The molecule has 0 aromatic rings. The Morgan fingerprint density at radius 3 is 0.312 bits per heavy atom. The predicted molar refractivity (Wildman–Crippen MR) is 510 cm³/mol. The van der Waals surface area contributed by atoms with Crippen LogP contribution in [0.15, 0.2) is 0 Å². The standard InChI is InChI=1S/C28H64N6O7.3C20H46N4O5/c1-21(29)7-35-13-27(14-36-8-22(2)30,15-37-9-23(3)31)19-41-20-28(16-38-10-24(4)32,17-39-11-25(5)33)18-40-12-26(6)34;3*1-3-19(13-25-9-5-21,14-26-10-6-22)17-29-18-20(4-2,15-27-11-7-23)16-28-12-8-24/h21-26H,7-20,29-34H2,1-6H3;3*3-18,21-24H2,1-2H3. The van der Waals surface area contributed by atoms with E-state index in [-0.39, 0.29) is 82.0 Å². The number of hydrogen-bond donors (Lipinski definition) is 18. The van der Waals surface area contributed by atoms with E-state index >= 15 is 0 Å². The zero-order valence-electron chi connectivity index (χ0n) is 82.7. The molecular formula is C88H202N18O22. The van der Waals surface area contributed by atoms with Crippen molar-refractivity contribution in [3.05, 3.63) is 0 Å². The Kier molecular flexibility index (Phi) is 91.3. The van der Waals surface area contributed by atoms with Gasteiger partial charge in [0.05, 0.1) is 302 Å². The van der Waals surface area contributed by atoms with Gasteiger partial charge in [-0.05, 0) is 80.1 Å². The van der Waals surface area contributed by atoms with Crippen LogP contribution >= 0.6 is 0 Å². The molecule has 0 fully saturated rings. The monoisotopic (exact) mass is 1860 g/mol. The highest BCUT2D eigenvalue weighted by Crippen LogP contribution is 2.33. The lowest BCUT2D eigenvalue weighted by Gasteiger charge is -2.37. The third-order valence-electron chi connectivity index (χ3n) is 20.5. The zero-order valence-corrected chi connectivity index (χ0v) is 82.7. The van der Waals surface area contributed by atoms with Crippen molar-refractivity contribution in [3.63, 3.8) is 0 Å². The first-order valence-corrected chi connectivity index (χ1v) is 47.1. The lowest BCUT2D eigenvalue weighted by atomic mass is 9.86. The van der Waals surface area contributed by atoms with E-state index in [0.29, 0.717) is 356 Å². The van der Waals surface area contributed by atoms with Gasteiger partial charge in [0.2, 0.25) is 0 Å². The Morgan fingerprint density at radius 2 is 0.227 bits per heavy atom. The molecular weight excluding hydrogens is 1660 g/mol. The topological polar surface area (TPSA) is 671 Å². The molecule has 0 aromatic heterocycles. The molecule has 0 saturated heterocycles. The van der Waals surface area contributed by atoms with E-state index in [2.05, 4.69) is 41.5 Å². The van der Waals surface area contributed by atoms with Crippen LogP contribution < -0.4 is 103 Å². The van der Waals surface area contributed by atoms with Gasteiger partial charge in [-0.1, -0.05) is 41.5 Å². The zero-order chi connectivity index (χ0) is 96.9. The average molecular weight is 1860 g/mol. The summed E-state index contributed by atoms with van der Waals surface area (Å²) < 4.78 is 130. The molecule has 0 heterocycles. The normalized spacial score (nSPS) is 14.9. The second kappa shape index (κ2) is 88.1. The van der Waals surface area contributed by atoms with E-state index in [1.54, 1.807) is 0 Å². The summed E-state index contributed by atoms with van der Waals surface area (Å²) in [6, 6.07) is -0.736. The minimum atomic E-state index is -0.643. The van der Waals surface area contributed by atoms with Gasteiger partial charge in [-0.25, -0.2) is 0 Å². The van der Waals surface area contributed by atoms with Crippen LogP contribution in [0.4, 0.5) is 0 Å². The fourth-order valence-corrected chi connectivity index (χ4v) is 12.3. The molecule has 776 valence electrons. The average Bonchev–Trinajstić information content (AvgIpc) is 0.888. The summed E-state index contributed by atoms with van der Waals surface area (Å²) in [6.07, 6.45) is 5.13. The van der Waals surface area contributed by atoms with Crippen molar-refractivity contribution in [2.45, 2.75) is 158 Å². The van der Waals surface area contributed by atoms with E-state index in [1.807, 2.05) is 41.5 Å². The van der Waals surface area contributed by atoms with Gasteiger partial charge < -0.3 is 207 Å². The molecule has 40 nitrogen and oxygen atoms in total. The summed E-state index contributed by atoms with van der Waals surface area (Å²) in [6.45, 7) is 50.0. The number of ether oxygens (including phenoxy) is 22. The maximum atomic E-state index is 6.44. The predicted octanol–water partition coefficient (Wildman–Crippen LogP) is -1.75. The van der Waals surface area contributed by atoms with Crippen molar-refractivity contribution >= 4 is 0 Å². The van der Waals surface area contributed by atoms with Crippen LogP contribution in [0.1, 0.15) is 122 Å². The van der Waals surface area contributed by atoms with Crippen LogP contribution in [0, 0.1) is 43.3 Å². The molecule has 36 N–H and O–H groups in total. The van der Waals surface area contributed by atoms with Gasteiger partial charge >= 0.3 is 0 Å². The molecule has 0 spiro atoms. The maximum absolute atomic E-state index is 6.44. The fraction of sp³-hybridized carbons (Fsp3) is 1.00.